The van der Waals surface area contributed by atoms with E-state index in [9.17, 15) is 9.90 Å². The Morgan fingerprint density at radius 1 is 1.25 bits per heavy atom. The molecule has 6 heteroatoms. The van der Waals surface area contributed by atoms with Crippen molar-refractivity contribution in [1.82, 2.24) is 9.97 Å². The molecular weight excluding hydrogens is 324 g/mol. The number of aromatic nitrogens is 2. The van der Waals surface area contributed by atoms with Gasteiger partial charge in [-0.25, -0.2) is 0 Å². The number of hydrogen-bond donors (Lipinski definition) is 2. The molecule has 0 amide bonds. The molecule has 100 valence electrons. The fraction of sp³-hybridized carbons (Fsp3) is 0. The third-order valence-corrected chi connectivity index (χ3v) is 3.30. The van der Waals surface area contributed by atoms with Gasteiger partial charge in [-0.15, -0.1) is 0 Å². The predicted octanol–water partition coefficient (Wildman–Crippen LogP) is 3.17. The van der Waals surface area contributed by atoms with Crippen molar-refractivity contribution in [1.29, 1.82) is 0 Å². The number of furan rings is 1. The van der Waals surface area contributed by atoms with Crippen LogP contribution < -0.4 is 5.56 Å². The minimum Gasteiger partial charge on any atom is -0.493 e. The first-order valence-corrected chi connectivity index (χ1v) is 6.56. The van der Waals surface area contributed by atoms with Crippen LogP contribution in [0.5, 0.6) is 5.88 Å². The van der Waals surface area contributed by atoms with Crippen LogP contribution in [0.4, 0.5) is 0 Å². The Bertz CT molecular complexity index is 810. The van der Waals surface area contributed by atoms with Crippen LogP contribution in [0.1, 0.15) is 0 Å². The molecule has 2 aromatic heterocycles. The van der Waals surface area contributed by atoms with Crippen molar-refractivity contribution in [3.8, 4) is 28.4 Å². The highest BCUT2D eigenvalue weighted by atomic mass is 79.9. The van der Waals surface area contributed by atoms with E-state index in [1.165, 1.54) is 12.5 Å². The smallest absolute Gasteiger partial charge is 0.262 e. The number of halogens is 1. The maximum absolute atomic E-state index is 12.2. The van der Waals surface area contributed by atoms with Gasteiger partial charge in [-0.3, -0.25) is 4.79 Å². The van der Waals surface area contributed by atoms with Crippen molar-refractivity contribution in [2.24, 2.45) is 0 Å². The zero-order valence-corrected chi connectivity index (χ0v) is 11.7. The van der Waals surface area contributed by atoms with Crippen molar-refractivity contribution >= 4 is 15.9 Å². The third-order valence-electron chi connectivity index (χ3n) is 2.81. The molecule has 0 saturated heterocycles. The number of nitrogens with one attached hydrogen (secondary N) is 1. The summed E-state index contributed by atoms with van der Waals surface area (Å²) in [6.07, 6.45) is 2.91. The van der Waals surface area contributed by atoms with Crippen molar-refractivity contribution in [2.45, 2.75) is 0 Å². The average molecular weight is 333 g/mol. The van der Waals surface area contributed by atoms with Gasteiger partial charge >= 0.3 is 0 Å². The maximum Gasteiger partial charge on any atom is 0.262 e. The van der Waals surface area contributed by atoms with Gasteiger partial charge in [0.25, 0.3) is 5.56 Å². The van der Waals surface area contributed by atoms with Crippen molar-refractivity contribution in [3.63, 3.8) is 0 Å². The highest BCUT2D eigenvalue weighted by molar-refractivity contribution is 9.10. The standard InChI is InChI=1S/C14H9BrN2O3/c15-10-3-1-2-8(6-10)11-13(18)16-12(17-14(11)19)9-4-5-20-7-9/h1-7H,(H2,16,17,18,19). The van der Waals surface area contributed by atoms with Gasteiger partial charge in [0.2, 0.25) is 5.88 Å². The fourth-order valence-electron chi connectivity index (χ4n) is 1.90. The van der Waals surface area contributed by atoms with Gasteiger partial charge < -0.3 is 14.5 Å². The molecule has 0 saturated carbocycles. The SMILES string of the molecule is O=c1[nH]c(-c2ccoc2)nc(O)c1-c1cccc(Br)c1. The molecule has 0 aliphatic carbocycles. The van der Waals surface area contributed by atoms with Gasteiger partial charge in [-0.05, 0) is 23.8 Å². The topological polar surface area (TPSA) is 79.1 Å². The predicted molar refractivity (Wildman–Crippen MR) is 77.4 cm³/mol. The largest absolute Gasteiger partial charge is 0.493 e. The lowest BCUT2D eigenvalue weighted by Gasteiger charge is -2.05. The second-order valence-electron chi connectivity index (χ2n) is 4.14. The molecule has 3 aromatic rings. The summed E-state index contributed by atoms with van der Waals surface area (Å²) in [5.41, 5.74) is 0.910. The molecular formula is C14H9BrN2O3. The lowest BCUT2D eigenvalue weighted by molar-refractivity contribution is 0.454. The maximum atomic E-state index is 12.2. The van der Waals surface area contributed by atoms with E-state index in [4.69, 9.17) is 4.42 Å². The Kier molecular flexibility index (Phi) is 3.15. The summed E-state index contributed by atoms with van der Waals surface area (Å²) < 4.78 is 5.74. The van der Waals surface area contributed by atoms with Crippen LogP contribution in [0.25, 0.3) is 22.5 Å². The molecule has 1 aromatic carbocycles. The van der Waals surface area contributed by atoms with Gasteiger partial charge in [0, 0.05) is 4.47 Å². The number of benzene rings is 1. The molecule has 0 spiro atoms. The first kappa shape index (κ1) is 12.7. The summed E-state index contributed by atoms with van der Waals surface area (Å²) in [4.78, 5) is 18.8. The van der Waals surface area contributed by atoms with E-state index in [1.807, 2.05) is 6.07 Å². The molecule has 2 N–H and O–H groups in total. The van der Waals surface area contributed by atoms with E-state index in [0.717, 1.165) is 4.47 Å². The first-order chi connectivity index (χ1) is 9.65. The van der Waals surface area contributed by atoms with Gasteiger partial charge in [-0.1, -0.05) is 28.1 Å². The Morgan fingerprint density at radius 2 is 2.10 bits per heavy atom. The lowest BCUT2D eigenvalue weighted by Crippen LogP contribution is -2.11. The number of nitrogens with zero attached hydrogens (tertiary/aromatic N) is 1. The quantitative estimate of drug-likeness (QED) is 0.755. The van der Waals surface area contributed by atoms with Crippen LogP contribution in [-0.2, 0) is 0 Å². The molecule has 20 heavy (non-hydrogen) atoms. The summed E-state index contributed by atoms with van der Waals surface area (Å²) >= 11 is 3.33. The van der Waals surface area contributed by atoms with E-state index in [0.29, 0.717) is 11.1 Å². The van der Waals surface area contributed by atoms with Crippen LogP contribution >= 0.6 is 15.9 Å². The minimum atomic E-state index is -0.410. The van der Waals surface area contributed by atoms with E-state index >= 15 is 0 Å². The number of aromatic amines is 1. The molecule has 0 aliphatic heterocycles. The Balaban J connectivity index is 2.17. The summed E-state index contributed by atoms with van der Waals surface area (Å²) in [7, 11) is 0. The molecule has 3 rings (SSSR count). The van der Waals surface area contributed by atoms with Crippen molar-refractivity contribution in [2.75, 3.05) is 0 Å². The first-order valence-electron chi connectivity index (χ1n) is 5.77. The highest BCUT2D eigenvalue weighted by Crippen LogP contribution is 2.27. The van der Waals surface area contributed by atoms with Crippen LogP contribution in [0.3, 0.4) is 0 Å². The summed E-state index contributed by atoms with van der Waals surface area (Å²) in [5.74, 6) is -0.0527. The fourth-order valence-corrected chi connectivity index (χ4v) is 2.30. The highest BCUT2D eigenvalue weighted by Gasteiger charge is 2.14. The minimum absolute atomic E-state index is 0.138. The molecule has 0 aliphatic rings. The summed E-state index contributed by atoms with van der Waals surface area (Å²) in [5, 5.41) is 10.0. The van der Waals surface area contributed by atoms with E-state index in [2.05, 4.69) is 25.9 Å². The second-order valence-corrected chi connectivity index (χ2v) is 5.05. The third kappa shape index (κ3) is 2.25. The Labute approximate surface area is 122 Å². The number of H-pyrrole nitrogens is 1. The Morgan fingerprint density at radius 3 is 2.75 bits per heavy atom. The lowest BCUT2D eigenvalue weighted by atomic mass is 10.1. The summed E-state index contributed by atoms with van der Waals surface area (Å²) in [6, 6.07) is 8.73. The van der Waals surface area contributed by atoms with Gasteiger partial charge in [0.1, 0.15) is 17.7 Å². The monoisotopic (exact) mass is 332 g/mol. The normalized spacial score (nSPS) is 10.7. The van der Waals surface area contributed by atoms with Crippen molar-refractivity contribution < 1.29 is 9.52 Å². The molecule has 0 bridgehead atoms. The molecule has 0 atom stereocenters. The van der Waals surface area contributed by atoms with Crippen LogP contribution in [0, 0.1) is 0 Å². The number of rotatable bonds is 2. The average Bonchev–Trinajstić information content (AvgIpc) is 2.91. The zero-order valence-electron chi connectivity index (χ0n) is 10.1. The van der Waals surface area contributed by atoms with Crippen LogP contribution in [0.2, 0.25) is 0 Å². The molecule has 2 heterocycles. The molecule has 5 nitrogen and oxygen atoms in total. The van der Waals surface area contributed by atoms with Crippen LogP contribution in [0.15, 0.2) is 56.5 Å². The van der Waals surface area contributed by atoms with Gasteiger partial charge in [-0.2, -0.15) is 4.98 Å². The number of hydrogen-bond acceptors (Lipinski definition) is 4. The molecule has 0 radical (unpaired) electrons. The zero-order chi connectivity index (χ0) is 14.1. The van der Waals surface area contributed by atoms with Gasteiger partial charge in [0.15, 0.2) is 0 Å². The molecule has 0 fully saturated rings. The Hall–Kier alpha value is -2.34. The van der Waals surface area contributed by atoms with E-state index in [1.54, 1.807) is 24.3 Å². The van der Waals surface area contributed by atoms with Crippen LogP contribution in [-0.4, -0.2) is 15.1 Å². The van der Waals surface area contributed by atoms with E-state index in [-0.39, 0.29) is 17.3 Å². The second kappa shape index (κ2) is 4.97. The summed E-state index contributed by atoms with van der Waals surface area (Å²) in [6.45, 7) is 0. The molecule has 0 unspecified atom stereocenters. The van der Waals surface area contributed by atoms with E-state index < -0.39 is 5.56 Å². The van der Waals surface area contributed by atoms with Crippen molar-refractivity contribution in [3.05, 3.63) is 57.7 Å². The van der Waals surface area contributed by atoms with Gasteiger partial charge in [0.05, 0.1) is 11.8 Å². The number of aromatic hydroxyl groups is 1.